The molecule has 0 saturated heterocycles. The molecule has 296 valence electrons. The predicted octanol–water partition coefficient (Wildman–Crippen LogP) is 6.10. The van der Waals surface area contributed by atoms with Crippen molar-refractivity contribution in [2.24, 2.45) is 23.7 Å². The molecule has 0 aromatic rings. The Kier molecular flexibility index (Phi) is 48.0. The Hall–Kier alpha value is -0.928. The largest absolute Gasteiger partial charge is 4.00 e. The number of carboxylic acid groups (broad SMARTS) is 4. The van der Waals surface area contributed by atoms with Gasteiger partial charge in [-0.15, -0.1) is 0 Å². The first-order valence-electron chi connectivity index (χ1n) is 19.1. The molecule has 0 aliphatic carbocycles. The number of carbonyl (C=O) groups excluding carboxylic acids is 4. The maximum atomic E-state index is 10.3. The standard InChI is InChI=1S/4C8H16O2.C6H18OSi2.Sn/c4*1-3-5-6-7(4-2)8(9)10;1-8(2,3)7-9(4,5)6;/h4*7H,3-6H2,1-2H3,(H,9,10);1-6H3;/q;;;;;+4/p-4. The molecule has 0 rings (SSSR count). The van der Waals surface area contributed by atoms with Crippen molar-refractivity contribution >= 4 is 64.4 Å². The van der Waals surface area contributed by atoms with Crippen molar-refractivity contribution in [3.63, 3.8) is 0 Å². The normalized spacial score (nSPS) is 12.9. The van der Waals surface area contributed by atoms with Gasteiger partial charge in [0.05, 0.1) is 0 Å². The minimum Gasteiger partial charge on any atom is -0.550 e. The molecule has 0 aromatic carbocycles. The topological polar surface area (TPSA) is 170 Å². The molecule has 0 spiro atoms. The third-order valence-electron chi connectivity index (χ3n) is 7.54. The van der Waals surface area contributed by atoms with Crippen molar-refractivity contribution in [3.05, 3.63) is 0 Å². The first kappa shape index (κ1) is 61.1. The molecule has 4 unspecified atom stereocenters. The van der Waals surface area contributed by atoms with Crippen LogP contribution in [0.1, 0.15) is 158 Å². The van der Waals surface area contributed by atoms with E-state index >= 15 is 0 Å². The number of hydrogen-bond acceptors (Lipinski definition) is 9. The van der Waals surface area contributed by atoms with Crippen LogP contribution in [0, 0.1) is 23.7 Å². The van der Waals surface area contributed by atoms with E-state index in [0.29, 0.717) is 25.7 Å². The van der Waals surface area contributed by atoms with Gasteiger partial charge in [0.1, 0.15) is 0 Å². The summed E-state index contributed by atoms with van der Waals surface area (Å²) < 4.78 is 5.90. The van der Waals surface area contributed by atoms with Crippen LogP contribution in [0.2, 0.25) is 39.3 Å². The van der Waals surface area contributed by atoms with E-state index < -0.39 is 40.5 Å². The molecule has 9 nitrogen and oxygen atoms in total. The average Bonchev–Trinajstić information content (AvgIpc) is 2.97. The molecule has 0 N–H and O–H groups in total. The number of rotatable bonds is 22. The quantitative estimate of drug-likeness (QED) is 0.117. The minimum absolute atomic E-state index is 0. The van der Waals surface area contributed by atoms with Gasteiger partial charge in [-0.1, -0.05) is 107 Å². The zero-order valence-corrected chi connectivity index (χ0v) is 39.7. The molecule has 12 heteroatoms. The summed E-state index contributed by atoms with van der Waals surface area (Å²) in [5, 5.41) is 41.3. The van der Waals surface area contributed by atoms with E-state index in [1.54, 1.807) is 0 Å². The molecule has 4 atom stereocenters. The molecule has 0 amide bonds. The molecule has 0 fully saturated rings. The molecular weight excluding hydrogens is 775 g/mol. The number of hydrogen-bond donors (Lipinski definition) is 0. The average molecular weight is 854 g/mol. The molecule has 0 aliphatic heterocycles. The monoisotopic (exact) mass is 854 g/mol. The maximum Gasteiger partial charge on any atom is 4.00 e. The molecule has 0 radical (unpaired) electrons. The van der Waals surface area contributed by atoms with Gasteiger partial charge in [0, 0.05) is 23.9 Å². The summed E-state index contributed by atoms with van der Waals surface area (Å²) in [7, 11) is -2.46. The molecule has 0 aliphatic rings. The van der Waals surface area contributed by atoms with E-state index in [4.69, 9.17) is 4.12 Å². The summed E-state index contributed by atoms with van der Waals surface area (Å²) in [6, 6.07) is 0. The van der Waals surface area contributed by atoms with Gasteiger partial charge in [0.15, 0.2) is 16.6 Å². The van der Waals surface area contributed by atoms with Crippen molar-refractivity contribution in [1.82, 2.24) is 0 Å². The van der Waals surface area contributed by atoms with Crippen molar-refractivity contribution in [3.8, 4) is 0 Å². The zero-order valence-electron chi connectivity index (χ0n) is 34.8. The van der Waals surface area contributed by atoms with Gasteiger partial charge in [-0.2, -0.15) is 0 Å². The fourth-order valence-electron chi connectivity index (χ4n) is 4.68. The van der Waals surface area contributed by atoms with E-state index in [1.165, 1.54) is 0 Å². The van der Waals surface area contributed by atoms with E-state index in [-0.39, 0.29) is 47.6 Å². The van der Waals surface area contributed by atoms with Crippen LogP contribution in [-0.2, 0) is 23.3 Å². The van der Waals surface area contributed by atoms with Gasteiger partial charge in [0.2, 0.25) is 0 Å². The summed E-state index contributed by atoms with van der Waals surface area (Å²) in [6.07, 6.45) is 14.1. The van der Waals surface area contributed by atoms with Crippen molar-refractivity contribution in [2.45, 2.75) is 197 Å². The Bertz CT molecular complexity index is 684. The number of aliphatic carboxylic acids is 4. The summed E-state index contributed by atoms with van der Waals surface area (Å²) in [4.78, 5) is 41.3. The van der Waals surface area contributed by atoms with Crippen LogP contribution in [0.25, 0.3) is 0 Å². The molecule has 0 heterocycles. The Balaban J connectivity index is -0.000000120. The van der Waals surface area contributed by atoms with Crippen molar-refractivity contribution in [2.75, 3.05) is 0 Å². The Morgan fingerprint density at radius 2 is 0.580 bits per heavy atom. The van der Waals surface area contributed by atoms with Gasteiger partial charge < -0.3 is 43.7 Å². The van der Waals surface area contributed by atoms with E-state index in [1.807, 2.05) is 27.7 Å². The smallest absolute Gasteiger partial charge is 0.550 e. The molecule has 50 heavy (non-hydrogen) atoms. The first-order chi connectivity index (χ1) is 22.6. The fraction of sp³-hybridized carbons (Fsp3) is 0.895. The zero-order chi connectivity index (χ0) is 39.6. The second kappa shape index (κ2) is 39.3. The van der Waals surface area contributed by atoms with Crippen molar-refractivity contribution < 1.29 is 43.7 Å². The van der Waals surface area contributed by atoms with Crippen LogP contribution in [0.5, 0.6) is 0 Å². The van der Waals surface area contributed by atoms with Crippen LogP contribution in [0.15, 0.2) is 0 Å². The molecule has 0 saturated carbocycles. The van der Waals surface area contributed by atoms with Crippen LogP contribution in [-0.4, -0.2) is 64.4 Å². The maximum absolute atomic E-state index is 10.3. The van der Waals surface area contributed by atoms with Crippen molar-refractivity contribution in [1.29, 1.82) is 0 Å². The van der Waals surface area contributed by atoms with Crippen LogP contribution >= 0.6 is 0 Å². The molecular formula is C38H78O9Si2Sn. The Labute approximate surface area is 327 Å². The SMILES string of the molecule is CCCCC(CC)C(=O)[O-].CCCCC(CC)C(=O)[O-].CCCCC(CC)C(=O)[O-].CCCCC(CC)C(=O)[O-].C[Si](C)(C)O[Si](C)(C)C.[Sn+4]. The van der Waals surface area contributed by atoms with Gasteiger partial charge in [-0.05, 0) is 114 Å². The van der Waals surface area contributed by atoms with Gasteiger partial charge in [0.25, 0.3) is 0 Å². The van der Waals surface area contributed by atoms with Crippen LogP contribution in [0.3, 0.4) is 0 Å². The summed E-state index contributed by atoms with van der Waals surface area (Å²) in [5.41, 5.74) is 0. The predicted molar refractivity (Wildman–Crippen MR) is 207 cm³/mol. The van der Waals surface area contributed by atoms with Crippen LogP contribution < -0.4 is 20.4 Å². The number of unbranched alkanes of at least 4 members (excludes halogenated alkanes) is 4. The fourth-order valence-corrected chi connectivity index (χ4v) is 12.0. The van der Waals surface area contributed by atoms with Crippen LogP contribution in [0.4, 0.5) is 0 Å². The molecule has 0 bridgehead atoms. The minimum atomic E-state index is -1.23. The summed E-state index contributed by atoms with van der Waals surface area (Å²) >= 11 is 0. The summed E-state index contributed by atoms with van der Waals surface area (Å²) in [6.45, 7) is 29.2. The van der Waals surface area contributed by atoms with Gasteiger partial charge in [-0.3, -0.25) is 0 Å². The first-order valence-corrected chi connectivity index (χ1v) is 25.9. The number of carbonyl (C=O) groups is 4. The third kappa shape index (κ3) is 49.2. The third-order valence-corrected chi connectivity index (χ3v) is 12.4. The molecule has 0 aromatic heterocycles. The summed E-state index contributed by atoms with van der Waals surface area (Å²) in [5.74, 6) is -4.46. The second-order valence-electron chi connectivity index (χ2n) is 14.6. The van der Waals surface area contributed by atoms with Gasteiger partial charge in [-0.25, -0.2) is 0 Å². The van der Waals surface area contributed by atoms with E-state index in [2.05, 4.69) is 67.0 Å². The van der Waals surface area contributed by atoms with E-state index in [9.17, 15) is 39.6 Å². The number of carboxylic acids is 4. The Morgan fingerprint density at radius 1 is 0.420 bits per heavy atom. The van der Waals surface area contributed by atoms with E-state index in [0.717, 1.165) is 77.0 Å². The Morgan fingerprint density at radius 3 is 0.640 bits per heavy atom. The second-order valence-corrected chi connectivity index (χ2v) is 23.9. The van der Waals surface area contributed by atoms with Gasteiger partial charge >= 0.3 is 23.9 Å².